The minimum atomic E-state index is -4.86. The topological polar surface area (TPSA) is 180 Å². The van der Waals surface area contributed by atoms with Crippen molar-refractivity contribution in [2.75, 3.05) is 20.1 Å². The average Bonchev–Trinajstić information content (AvgIpc) is 3.56. The minimum Gasteiger partial charge on any atom is -0.483 e. The van der Waals surface area contributed by atoms with Gasteiger partial charge in [-0.05, 0) is 43.7 Å². The first-order chi connectivity index (χ1) is 18.3. The van der Waals surface area contributed by atoms with Crippen molar-refractivity contribution < 1.29 is 51.3 Å². The molecule has 7 atom stereocenters. The normalized spacial score (nSPS) is 36.9. The quantitative estimate of drug-likeness (QED) is 0.200. The molecule has 3 aliphatic carbocycles. The fourth-order valence-corrected chi connectivity index (χ4v) is 8.66. The third-order valence-electron chi connectivity index (χ3n) is 10.0. The van der Waals surface area contributed by atoms with Crippen LogP contribution >= 0.6 is 0 Å². The lowest BCUT2D eigenvalue weighted by atomic mass is 9.48. The smallest absolute Gasteiger partial charge is 0.446 e. The van der Waals surface area contributed by atoms with Gasteiger partial charge in [0.15, 0.2) is 11.5 Å². The standard InChI is InChI=1S/C26H34N2O10S/c1-28(13-14-2-3-14)11-10-25-21-15-4-6-18(38-39(34,35)36)22(21)37-23(25)16(8-9-26(25,33)19(28)12-15)27-17(24(31)32)5-7-20(29)30/h4,6,14,16-17,19,23,27,33H,2-3,5,7-13H2,1H3,(H2-,29,30,31,32,34,35,36)/p+1/t16?,17-,19-,23-,25-,26+,28+/m0/s1. The second kappa shape index (κ2) is 8.77. The van der Waals surface area contributed by atoms with E-state index in [0.29, 0.717) is 37.2 Å². The molecule has 12 nitrogen and oxygen atoms in total. The van der Waals surface area contributed by atoms with Gasteiger partial charge in [-0.1, -0.05) is 6.07 Å². The van der Waals surface area contributed by atoms with Crippen LogP contribution in [0.2, 0.25) is 0 Å². The number of hydrogen-bond acceptors (Lipinski definition) is 8. The van der Waals surface area contributed by atoms with Gasteiger partial charge < -0.3 is 28.7 Å². The van der Waals surface area contributed by atoms with Crippen LogP contribution in [0.5, 0.6) is 11.5 Å². The number of aliphatic hydroxyl groups is 1. The maximum atomic E-state index is 12.7. The third kappa shape index (κ3) is 4.12. The summed E-state index contributed by atoms with van der Waals surface area (Å²) in [6, 6.07) is 1.39. The molecule has 5 aliphatic rings. The number of ether oxygens (including phenoxy) is 1. The maximum absolute atomic E-state index is 12.7. The second-order valence-corrected chi connectivity index (χ2v) is 13.3. The van der Waals surface area contributed by atoms with E-state index in [4.69, 9.17) is 14.0 Å². The van der Waals surface area contributed by atoms with Crippen molar-refractivity contribution in [2.24, 2.45) is 5.92 Å². The van der Waals surface area contributed by atoms with Crippen LogP contribution in [-0.2, 0) is 31.8 Å². The molecule has 13 heteroatoms. The zero-order chi connectivity index (χ0) is 28.0. The van der Waals surface area contributed by atoms with Crippen LogP contribution in [-0.4, -0.2) is 94.7 Å². The Bertz CT molecular complexity index is 1330. The lowest BCUT2D eigenvalue weighted by molar-refractivity contribution is -0.950. The highest BCUT2D eigenvalue weighted by Crippen LogP contribution is 2.66. The summed E-state index contributed by atoms with van der Waals surface area (Å²) in [5, 5.41) is 34.8. The summed E-state index contributed by atoms with van der Waals surface area (Å²) in [6.07, 6.45) is 3.04. The predicted octanol–water partition coefficient (Wildman–Crippen LogP) is 0.853. The van der Waals surface area contributed by atoms with Crippen molar-refractivity contribution in [3.8, 4) is 11.5 Å². The average molecular weight is 568 g/mol. The molecule has 0 amide bonds. The van der Waals surface area contributed by atoms with Crippen molar-refractivity contribution in [3.63, 3.8) is 0 Å². The number of likely N-dealkylation sites (N-methyl/N-ethyl adjacent to an activating group) is 1. The summed E-state index contributed by atoms with van der Waals surface area (Å²) in [6.45, 7) is 1.73. The van der Waals surface area contributed by atoms with Crippen LogP contribution < -0.4 is 14.2 Å². The molecule has 1 aromatic carbocycles. The van der Waals surface area contributed by atoms with Crippen LogP contribution in [0.25, 0.3) is 0 Å². The number of quaternary nitrogens is 1. The van der Waals surface area contributed by atoms with E-state index in [-0.39, 0.29) is 30.4 Å². The molecule has 5 N–H and O–H groups in total. The summed E-state index contributed by atoms with van der Waals surface area (Å²) < 4.78 is 44.8. The molecule has 2 aliphatic heterocycles. The van der Waals surface area contributed by atoms with Gasteiger partial charge in [-0.2, -0.15) is 8.42 Å². The lowest BCUT2D eigenvalue weighted by Gasteiger charge is -2.65. The predicted molar refractivity (Wildman–Crippen MR) is 135 cm³/mol. The molecule has 1 spiro atoms. The fourth-order valence-electron chi connectivity index (χ4n) is 8.30. The van der Waals surface area contributed by atoms with E-state index in [2.05, 4.69) is 12.4 Å². The molecule has 3 fully saturated rings. The number of nitrogens with zero attached hydrogens (tertiary/aromatic N) is 1. The highest BCUT2D eigenvalue weighted by Gasteiger charge is 2.76. The van der Waals surface area contributed by atoms with Crippen LogP contribution in [0, 0.1) is 5.92 Å². The Labute approximate surface area is 226 Å². The van der Waals surface area contributed by atoms with Gasteiger partial charge in [0.2, 0.25) is 0 Å². The van der Waals surface area contributed by atoms with E-state index in [1.54, 1.807) is 6.07 Å². The van der Waals surface area contributed by atoms with Crippen molar-refractivity contribution in [3.05, 3.63) is 23.3 Å². The molecular formula is C26H35N2O10S+. The largest absolute Gasteiger partial charge is 0.483 e. The number of carbonyl (C=O) groups is 2. The van der Waals surface area contributed by atoms with E-state index in [1.807, 2.05) is 0 Å². The Balaban J connectivity index is 1.45. The second-order valence-electron chi connectivity index (χ2n) is 12.3. The molecule has 2 saturated carbocycles. The van der Waals surface area contributed by atoms with Crippen molar-refractivity contribution in [1.29, 1.82) is 0 Å². The Kier molecular flexibility index (Phi) is 6.02. The van der Waals surface area contributed by atoms with Crippen LogP contribution in [0.4, 0.5) is 0 Å². The van der Waals surface area contributed by atoms with E-state index in [1.165, 1.54) is 18.9 Å². The molecule has 0 radical (unpaired) electrons. The monoisotopic (exact) mass is 567 g/mol. The molecule has 2 heterocycles. The highest BCUT2D eigenvalue weighted by atomic mass is 32.3. The molecule has 39 heavy (non-hydrogen) atoms. The Hall–Kier alpha value is -2.45. The van der Waals surface area contributed by atoms with Gasteiger partial charge in [-0.3, -0.25) is 19.5 Å². The number of hydrogen-bond donors (Lipinski definition) is 5. The van der Waals surface area contributed by atoms with Gasteiger partial charge in [0.1, 0.15) is 23.8 Å². The van der Waals surface area contributed by atoms with Crippen molar-refractivity contribution in [1.82, 2.24) is 5.32 Å². The summed E-state index contributed by atoms with van der Waals surface area (Å²) in [5.41, 5.74) is -0.557. The maximum Gasteiger partial charge on any atom is 0.446 e. The molecule has 1 unspecified atom stereocenters. The number of likely N-dealkylation sites (tertiary alicyclic amines) is 1. The number of piperidine rings is 1. The molecule has 0 aromatic heterocycles. The summed E-state index contributed by atoms with van der Waals surface area (Å²) in [4.78, 5) is 23.2. The SMILES string of the molecule is C[N@+]1(CC2CC2)CC[C@]23c4c5ccc(OS(=O)(=O)O)c4O[C@H]2C(N[C@@H](CCC(=O)O)C(=O)O)CC[C@@]3(O)[C@@H]1C5. The molecule has 2 bridgehead atoms. The van der Waals surface area contributed by atoms with Gasteiger partial charge in [0, 0.05) is 36.8 Å². The van der Waals surface area contributed by atoms with Crippen LogP contribution in [0.15, 0.2) is 12.1 Å². The zero-order valence-electron chi connectivity index (χ0n) is 21.7. The number of carboxylic acid groups (broad SMARTS) is 2. The van der Waals surface area contributed by atoms with Gasteiger partial charge in [-0.15, -0.1) is 0 Å². The van der Waals surface area contributed by atoms with Crippen molar-refractivity contribution in [2.45, 2.75) is 86.6 Å². The van der Waals surface area contributed by atoms with E-state index in [9.17, 15) is 32.8 Å². The molecule has 1 saturated heterocycles. The van der Waals surface area contributed by atoms with Crippen LogP contribution in [0.3, 0.4) is 0 Å². The van der Waals surface area contributed by atoms with E-state index >= 15 is 0 Å². The Morgan fingerprint density at radius 3 is 2.62 bits per heavy atom. The van der Waals surface area contributed by atoms with Crippen molar-refractivity contribution >= 4 is 22.3 Å². The van der Waals surface area contributed by atoms with Crippen LogP contribution in [0.1, 0.15) is 56.1 Å². The van der Waals surface area contributed by atoms with E-state index in [0.717, 1.165) is 23.1 Å². The number of benzene rings is 1. The molecular weight excluding hydrogens is 532 g/mol. The number of rotatable bonds is 10. The summed E-state index contributed by atoms with van der Waals surface area (Å²) in [5.74, 6) is -1.68. The lowest BCUT2D eigenvalue weighted by Crippen LogP contribution is -2.82. The minimum absolute atomic E-state index is 0.126. The van der Waals surface area contributed by atoms with E-state index < -0.39 is 51.5 Å². The number of carboxylic acids is 2. The van der Waals surface area contributed by atoms with Gasteiger partial charge in [0.05, 0.1) is 25.6 Å². The summed E-state index contributed by atoms with van der Waals surface area (Å²) in [7, 11) is -2.65. The first-order valence-corrected chi connectivity index (χ1v) is 14.9. The Morgan fingerprint density at radius 1 is 1.23 bits per heavy atom. The third-order valence-corrected chi connectivity index (χ3v) is 10.4. The summed E-state index contributed by atoms with van der Waals surface area (Å²) >= 11 is 0. The molecule has 214 valence electrons. The fraction of sp³-hybridized carbons (Fsp3) is 0.692. The number of aliphatic carboxylic acids is 2. The first kappa shape index (κ1) is 26.8. The number of nitrogens with one attached hydrogen (secondary N) is 1. The Morgan fingerprint density at radius 2 is 1.97 bits per heavy atom. The molecule has 1 aromatic rings. The van der Waals surface area contributed by atoms with Gasteiger partial charge in [-0.25, -0.2) is 0 Å². The van der Waals surface area contributed by atoms with Gasteiger partial charge in [0.25, 0.3) is 0 Å². The van der Waals surface area contributed by atoms with Gasteiger partial charge >= 0.3 is 22.3 Å². The highest BCUT2D eigenvalue weighted by molar-refractivity contribution is 7.81. The zero-order valence-corrected chi connectivity index (χ0v) is 22.5. The first-order valence-electron chi connectivity index (χ1n) is 13.5. The molecule has 6 rings (SSSR count).